The maximum atomic E-state index is 12.3. The van der Waals surface area contributed by atoms with E-state index in [1.54, 1.807) is 13.2 Å². The number of methoxy groups -OCH3 is 2. The molecule has 2 heterocycles. The highest BCUT2D eigenvalue weighted by Gasteiger charge is 2.35. The number of nitrogens with zero attached hydrogens (tertiary/aromatic N) is 4. The molecule has 0 unspecified atom stereocenters. The fourth-order valence-electron chi connectivity index (χ4n) is 4.02. The summed E-state index contributed by atoms with van der Waals surface area (Å²) in [6, 6.07) is 1.50. The molecule has 0 bridgehead atoms. The Labute approximate surface area is 180 Å². The van der Waals surface area contributed by atoms with Gasteiger partial charge < -0.3 is 24.8 Å². The lowest BCUT2D eigenvalue weighted by atomic mass is 10.0. The SMILES string of the molecule is COC[C@H](C)N(C(=O)O)[C@@H]1CC[C@H](c2cc(NC(=O)Cc3cnc(OC)cn3)n[nH]2)C1. The maximum absolute atomic E-state index is 12.3. The first-order valence-corrected chi connectivity index (χ1v) is 10.1. The number of carbonyl (C=O) groups is 2. The zero-order chi connectivity index (χ0) is 22.4. The third kappa shape index (κ3) is 5.69. The smallest absolute Gasteiger partial charge is 0.407 e. The molecule has 2 aromatic rings. The Morgan fingerprint density at radius 2 is 2.13 bits per heavy atom. The van der Waals surface area contributed by atoms with Gasteiger partial charge in [0.2, 0.25) is 11.8 Å². The van der Waals surface area contributed by atoms with Gasteiger partial charge in [0.25, 0.3) is 0 Å². The number of nitrogens with one attached hydrogen (secondary N) is 2. The molecule has 1 aliphatic rings. The summed E-state index contributed by atoms with van der Waals surface area (Å²) in [5.41, 5.74) is 1.40. The molecule has 1 aliphatic carbocycles. The van der Waals surface area contributed by atoms with Crippen LogP contribution in [0, 0.1) is 0 Å². The second kappa shape index (κ2) is 10.2. The van der Waals surface area contributed by atoms with Crippen LogP contribution in [0.1, 0.15) is 43.5 Å². The van der Waals surface area contributed by atoms with Crippen LogP contribution in [0.2, 0.25) is 0 Å². The summed E-state index contributed by atoms with van der Waals surface area (Å²) in [6.07, 6.45) is 4.38. The highest BCUT2D eigenvalue weighted by molar-refractivity contribution is 5.91. The summed E-state index contributed by atoms with van der Waals surface area (Å²) in [5.74, 6) is 0.696. The molecule has 3 rings (SSSR count). The van der Waals surface area contributed by atoms with E-state index < -0.39 is 6.09 Å². The molecule has 1 saturated carbocycles. The quantitative estimate of drug-likeness (QED) is 0.546. The molecular formula is C20H28N6O5. The predicted octanol–water partition coefficient (Wildman–Crippen LogP) is 2.04. The third-order valence-electron chi connectivity index (χ3n) is 5.44. The van der Waals surface area contributed by atoms with Gasteiger partial charge in [-0.1, -0.05) is 0 Å². The Kier molecular flexibility index (Phi) is 7.40. The number of anilines is 1. The molecular weight excluding hydrogens is 404 g/mol. The van der Waals surface area contributed by atoms with Crippen molar-refractivity contribution in [2.24, 2.45) is 0 Å². The number of carboxylic acid groups (broad SMARTS) is 1. The highest BCUT2D eigenvalue weighted by Crippen LogP contribution is 2.37. The van der Waals surface area contributed by atoms with E-state index in [9.17, 15) is 14.7 Å². The van der Waals surface area contributed by atoms with Gasteiger partial charge in [-0.15, -0.1) is 0 Å². The normalized spacial score (nSPS) is 19.1. The Morgan fingerprint density at radius 1 is 1.32 bits per heavy atom. The fraction of sp³-hybridized carbons (Fsp3) is 0.550. The first kappa shape index (κ1) is 22.5. The molecule has 1 fully saturated rings. The van der Waals surface area contributed by atoms with Crippen LogP contribution in [0.15, 0.2) is 18.5 Å². The molecule has 2 amide bonds. The van der Waals surface area contributed by atoms with Crippen molar-refractivity contribution in [2.45, 2.75) is 50.6 Å². The minimum atomic E-state index is -0.936. The van der Waals surface area contributed by atoms with Crippen molar-refractivity contribution in [3.63, 3.8) is 0 Å². The van der Waals surface area contributed by atoms with Gasteiger partial charge in [0.15, 0.2) is 5.82 Å². The van der Waals surface area contributed by atoms with Crippen LogP contribution in [0.4, 0.5) is 10.6 Å². The number of ether oxygens (including phenoxy) is 2. The van der Waals surface area contributed by atoms with Crippen LogP contribution in [0.5, 0.6) is 5.88 Å². The lowest BCUT2D eigenvalue weighted by Gasteiger charge is -2.31. The zero-order valence-electron chi connectivity index (χ0n) is 17.9. The van der Waals surface area contributed by atoms with Crippen molar-refractivity contribution in [2.75, 3.05) is 26.1 Å². The predicted molar refractivity (Wildman–Crippen MR) is 111 cm³/mol. The van der Waals surface area contributed by atoms with Gasteiger partial charge in [-0.2, -0.15) is 5.10 Å². The Bertz CT molecular complexity index is 886. The van der Waals surface area contributed by atoms with Crippen LogP contribution in [0.3, 0.4) is 0 Å². The van der Waals surface area contributed by atoms with E-state index in [1.807, 2.05) is 6.92 Å². The van der Waals surface area contributed by atoms with E-state index in [1.165, 1.54) is 24.4 Å². The Balaban J connectivity index is 1.56. The number of hydrogen-bond acceptors (Lipinski definition) is 7. The number of H-pyrrole nitrogens is 1. The number of carbonyl (C=O) groups excluding carboxylic acids is 1. The topological polar surface area (TPSA) is 143 Å². The van der Waals surface area contributed by atoms with Crippen LogP contribution in [-0.4, -0.2) is 75.1 Å². The minimum absolute atomic E-state index is 0.0651. The largest absolute Gasteiger partial charge is 0.480 e. The van der Waals surface area contributed by atoms with E-state index in [4.69, 9.17) is 9.47 Å². The summed E-state index contributed by atoms with van der Waals surface area (Å²) in [7, 11) is 3.06. The molecule has 2 aromatic heterocycles. The molecule has 0 aromatic carbocycles. The molecule has 0 saturated heterocycles. The molecule has 168 valence electrons. The molecule has 3 atom stereocenters. The van der Waals surface area contributed by atoms with Crippen LogP contribution < -0.4 is 10.1 Å². The number of aromatic nitrogens is 4. The second-order valence-electron chi connectivity index (χ2n) is 7.64. The Morgan fingerprint density at radius 3 is 2.77 bits per heavy atom. The van der Waals surface area contributed by atoms with Gasteiger partial charge >= 0.3 is 6.09 Å². The molecule has 0 aliphatic heterocycles. The third-order valence-corrected chi connectivity index (χ3v) is 5.44. The number of rotatable bonds is 9. The summed E-state index contributed by atoms with van der Waals surface area (Å²) < 4.78 is 10.1. The molecule has 31 heavy (non-hydrogen) atoms. The number of hydrogen-bond donors (Lipinski definition) is 3. The van der Waals surface area contributed by atoms with E-state index in [0.29, 0.717) is 30.4 Å². The molecule has 11 heteroatoms. The summed E-state index contributed by atoms with van der Waals surface area (Å²) in [5, 5.41) is 19.5. The van der Waals surface area contributed by atoms with Crippen molar-refractivity contribution in [1.82, 2.24) is 25.1 Å². The maximum Gasteiger partial charge on any atom is 0.407 e. The second-order valence-corrected chi connectivity index (χ2v) is 7.64. The standard InChI is InChI=1S/C20H28N6O5/c1-12(11-30-2)26(20(28)29)15-5-4-13(6-15)16-8-17(25-24-16)23-18(27)7-14-9-22-19(31-3)10-21-14/h8-10,12-13,15H,4-7,11H2,1-3H3,(H,28,29)(H2,23,24,25,27)/t12-,13-,15+/m0/s1. The van der Waals surface area contributed by atoms with Crippen LogP contribution in [-0.2, 0) is 16.0 Å². The highest BCUT2D eigenvalue weighted by atomic mass is 16.5. The first-order chi connectivity index (χ1) is 14.9. The number of aromatic amines is 1. The average Bonchev–Trinajstić information content (AvgIpc) is 3.38. The van der Waals surface area contributed by atoms with Gasteiger partial charge in [-0.25, -0.2) is 9.78 Å². The number of amides is 2. The zero-order valence-corrected chi connectivity index (χ0v) is 17.9. The molecule has 0 spiro atoms. The van der Waals surface area contributed by atoms with Crippen LogP contribution in [0.25, 0.3) is 0 Å². The lowest BCUT2D eigenvalue weighted by Crippen LogP contribution is -2.46. The van der Waals surface area contributed by atoms with E-state index in [-0.39, 0.29) is 30.3 Å². The van der Waals surface area contributed by atoms with Gasteiger partial charge in [0, 0.05) is 30.8 Å². The van der Waals surface area contributed by atoms with Crippen molar-refractivity contribution < 1.29 is 24.2 Å². The van der Waals surface area contributed by atoms with E-state index in [0.717, 1.165) is 18.5 Å². The molecule has 11 nitrogen and oxygen atoms in total. The van der Waals surface area contributed by atoms with Gasteiger partial charge in [0.05, 0.1) is 44.3 Å². The molecule has 3 N–H and O–H groups in total. The first-order valence-electron chi connectivity index (χ1n) is 10.1. The van der Waals surface area contributed by atoms with Gasteiger partial charge in [0.1, 0.15) is 0 Å². The van der Waals surface area contributed by atoms with E-state index in [2.05, 4.69) is 25.5 Å². The summed E-state index contributed by atoms with van der Waals surface area (Å²) in [6.45, 7) is 2.20. The van der Waals surface area contributed by atoms with Crippen molar-refractivity contribution >= 4 is 17.8 Å². The van der Waals surface area contributed by atoms with Gasteiger partial charge in [-0.05, 0) is 26.2 Å². The average molecular weight is 432 g/mol. The minimum Gasteiger partial charge on any atom is -0.480 e. The summed E-state index contributed by atoms with van der Waals surface area (Å²) in [4.78, 5) is 33.7. The Hall–Kier alpha value is -3.21. The fourth-order valence-corrected chi connectivity index (χ4v) is 4.02. The monoisotopic (exact) mass is 432 g/mol. The van der Waals surface area contributed by atoms with Crippen molar-refractivity contribution in [1.29, 1.82) is 0 Å². The van der Waals surface area contributed by atoms with Crippen molar-refractivity contribution in [3.8, 4) is 5.88 Å². The van der Waals surface area contributed by atoms with Crippen molar-refractivity contribution in [3.05, 3.63) is 29.8 Å². The lowest BCUT2D eigenvalue weighted by molar-refractivity contribution is -0.115. The molecule has 0 radical (unpaired) electrons. The van der Waals surface area contributed by atoms with Crippen LogP contribution >= 0.6 is 0 Å². The van der Waals surface area contributed by atoms with E-state index >= 15 is 0 Å². The summed E-state index contributed by atoms with van der Waals surface area (Å²) >= 11 is 0. The van der Waals surface area contributed by atoms with Gasteiger partial charge in [-0.3, -0.25) is 14.9 Å².